The van der Waals surface area contributed by atoms with E-state index in [1.165, 1.54) is 18.5 Å². The average molecular weight is 412 g/mol. The van der Waals surface area contributed by atoms with Gasteiger partial charge >= 0.3 is 0 Å². The summed E-state index contributed by atoms with van der Waals surface area (Å²) in [6.07, 6.45) is 2.47. The van der Waals surface area contributed by atoms with Gasteiger partial charge in [0.25, 0.3) is 0 Å². The second-order valence-electron chi connectivity index (χ2n) is 8.19. The third kappa shape index (κ3) is 3.56. The summed E-state index contributed by atoms with van der Waals surface area (Å²) < 4.78 is 1.93. The van der Waals surface area contributed by atoms with Gasteiger partial charge in [0.1, 0.15) is 6.54 Å². The molecule has 0 spiro atoms. The normalized spacial score (nSPS) is 13.8. The van der Waals surface area contributed by atoms with Crippen molar-refractivity contribution in [3.05, 3.63) is 82.5 Å². The Balaban J connectivity index is 1.47. The summed E-state index contributed by atoms with van der Waals surface area (Å²) in [5.74, 6) is -0.115. The number of carbonyl (C=O) groups is 1. The number of rotatable bonds is 4. The molecule has 4 aromatic rings. The van der Waals surface area contributed by atoms with Crippen LogP contribution in [0.2, 0.25) is 0 Å². The molecular weight excluding hydrogens is 386 g/mol. The summed E-state index contributed by atoms with van der Waals surface area (Å²) in [5.41, 5.74) is 4.61. The first-order valence-corrected chi connectivity index (χ1v) is 10.8. The fourth-order valence-corrected chi connectivity index (χ4v) is 4.54. The van der Waals surface area contributed by atoms with E-state index in [1.807, 2.05) is 66.1 Å². The zero-order valence-corrected chi connectivity index (χ0v) is 17.6. The molecule has 2 heterocycles. The maximum Gasteiger partial charge on any atom is 0.244 e. The summed E-state index contributed by atoms with van der Waals surface area (Å²) in [6.45, 7) is 4.35. The number of nitrogens with zero attached hydrogens (tertiary/aromatic N) is 2. The molecule has 0 aliphatic carbocycles. The first kappa shape index (κ1) is 19.4. The number of amides is 1. The van der Waals surface area contributed by atoms with Gasteiger partial charge in [-0.05, 0) is 67.8 Å². The molecule has 5 heteroatoms. The van der Waals surface area contributed by atoms with Gasteiger partial charge in [-0.2, -0.15) is 0 Å². The molecule has 5 rings (SSSR count). The molecule has 1 N–H and O–H groups in total. The minimum Gasteiger partial charge on any atom is -0.372 e. The van der Waals surface area contributed by atoms with Gasteiger partial charge in [-0.25, -0.2) is 0 Å². The molecule has 31 heavy (non-hydrogen) atoms. The van der Waals surface area contributed by atoms with Gasteiger partial charge in [0.15, 0.2) is 5.43 Å². The number of pyridine rings is 1. The van der Waals surface area contributed by atoms with Gasteiger partial charge in [-0.15, -0.1) is 0 Å². The highest BCUT2D eigenvalue weighted by Gasteiger charge is 2.15. The molecule has 1 amide bonds. The van der Waals surface area contributed by atoms with Crippen molar-refractivity contribution in [3.8, 4) is 0 Å². The molecule has 0 saturated carbocycles. The first-order valence-electron chi connectivity index (χ1n) is 10.8. The summed E-state index contributed by atoms with van der Waals surface area (Å²) >= 11 is 0. The van der Waals surface area contributed by atoms with E-state index in [4.69, 9.17) is 0 Å². The third-order valence-electron chi connectivity index (χ3n) is 6.14. The van der Waals surface area contributed by atoms with E-state index in [0.29, 0.717) is 10.8 Å². The van der Waals surface area contributed by atoms with Crippen molar-refractivity contribution in [1.82, 2.24) is 4.57 Å². The van der Waals surface area contributed by atoms with Crippen LogP contribution in [0.5, 0.6) is 0 Å². The van der Waals surface area contributed by atoms with Gasteiger partial charge in [-0.3, -0.25) is 9.59 Å². The number of aryl methyl sites for hydroxylation is 1. The highest BCUT2D eigenvalue weighted by molar-refractivity contribution is 5.97. The quantitative estimate of drug-likeness (QED) is 0.495. The fourth-order valence-electron chi connectivity index (χ4n) is 4.54. The van der Waals surface area contributed by atoms with Crippen molar-refractivity contribution in [3.63, 3.8) is 0 Å². The Morgan fingerprint density at radius 2 is 1.52 bits per heavy atom. The summed E-state index contributed by atoms with van der Waals surface area (Å²) in [6, 6.07) is 21.1. The van der Waals surface area contributed by atoms with Gasteiger partial charge in [0, 0.05) is 35.2 Å². The number of aromatic nitrogens is 1. The smallest absolute Gasteiger partial charge is 0.244 e. The number of carbonyl (C=O) groups excluding carboxylic acids is 1. The van der Waals surface area contributed by atoms with Crippen LogP contribution in [-0.4, -0.2) is 23.6 Å². The van der Waals surface area contributed by atoms with Gasteiger partial charge in [-0.1, -0.05) is 24.3 Å². The Labute approximate surface area is 180 Å². The van der Waals surface area contributed by atoms with E-state index in [-0.39, 0.29) is 17.9 Å². The summed E-state index contributed by atoms with van der Waals surface area (Å²) in [4.78, 5) is 28.3. The molecule has 1 fully saturated rings. The SMILES string of the molecule is Cc1cc(N2CCCC2)ccc1NC(=O)Cn1c2ccccc2c(=O)c2ccccc21. The molecule has 0 bridgehead atoms. The lowest BCUT2D eigenvalue weighted by Gasteiger charge is -2.20. The summed E-state index contributed by atoms with van der Waals surface area (Å²) in [7, 11) is 0. The van der Waals surface area contributed by atoms with Crippen LogP contribution in [0, 0.1) is 6.92 Å². The van der Waals surface area contributed by atoms with Crippen molar-refractivity contribution >= 4 is 39.1 Å². The third-order valence-corrected chi connectivity index (χ3v) is 6.14. The molecule has 1 aliphatic heterocycles. The molecule has 0 atom stereocenters. The molecule has 1 saturated heterocycles. The van der Waals surface area contributed by atoms with Crippen LogP contribution < -0.4 is 15.6 Å². The highest BCUT2D eigenvalue weighted by Crippen LogP contribution is 2.26. The Morgan fingerprint density at radius 3 is 2.13 bits per heavy atom. The maximum absolute atomic E-state index is 13.0. The Hall–Kier alpha value is -3.60. The van der Waals surface area contributed by atoms with E-state index >= 15 is 0 Å². The lowest BCUT2D eigenvalue weighted by Crippen LogP contribution is -2.22. The second-order valence-corrected chi connectivity index (χ2v) is 8.19. The number of nitrogens with one attached hydrogen (secondary N) is 1. The van der Waals surface area contributed by atoms with Crippen LogP contribution in [-0.2, 0) is 11.3 Å². The minimum atomic E-state index is -0.115. The monoisotopic (exact) mass is 411 g/mol. The molecule has 1 aliphatic rings. The van der Waals surface area contributed by atoms with Crippen molar-refractivity contribution in [1.29, 1.82) is 0 Å². The van der Waals surface area contributed by atoms with Gasteiger partial charge in [0.05, 0.1) is 11.0 Å². The molecular formula is C26H25N3O2. The predicted octanol–water partition coefficient (Wildman–Crippen LogP) is 4.70. The van der Waals surface area contributed by atoms with E-state index in [2.05, 4.69) is 22.3 Å². The van der Waals surface area contributed by atoms with E-state index in [9.17, 15) is 9.59 Å². The lowest BCUT2D eigenvalue weighted by molar-refractivity contribution is -0.116. The molecule has 1 aromatic heterocycles. The lowest BCUT2D eigenvalue weighted by atomic mass is 10.1. The minimum absolute atomic E-state index is 0.00351. The summed E-state index contributed by atoms with van der Waals surface area (Å²) in [5, 5.41) is 4.31. The largest absolute Gasteiger partial charge is 0.372 e. The average Bonchev–Trinajstić information content (AvgIpc) is 3.33. The van der Waals surface area contributed by atoms with Crippen molar-refractivity contribution in [2.75, 3.05) is 23.3 Å². The van der Waals surface area contributed by atoms with Crippen molar-refractivity contribution < 1.29 is 4.79 Å². The van der Waals surface area contributed by atoms with E-state index in [0.717, 1.165) is 35.4 Å². The van der Waals surface area contributed by atoms with Crippen LogP contribution in [0.1, 0.15) is 18.4 Å². The topological polar surface area (TPSA) is 54.3 Å². The number of benzene rings is 3. The van der Waals surface area contributed by atoms with Crippen LogP contribution in [0.15, 0.2) is 71.5 Å². The Bertz CT molecular complexity index is 1290. The van der Waals surface area contributed by atoms with Crippen molar-refractivity contribution in [2.24, 2.45) is 0 Å². The number of fused-ring (bicyclic) bond motifs is 2. The van der Waals surface area contributed by atoms with Crippen LogP contribution in [0.25, 0.3) is 21.8 Å². The predicted molar refractivity (Wildman–Crippen MR) is 127 cm³/mol. The van der Waals surface area contributed by atoms with Gasteiger partial charge in [0.2, 0.25) is 5.91 Å². The molecule has 0 radical (unpaired) electrons. The second kappa shape index (κ2) is 7.91. The molecule has 0 unspecified atom stereocenters. The zero-order valence-electron chi connectivity index (χ0n) is 17.6. The molecule has 3 aromatic carbocycles. The van der Waals surface area contributed by atoms with Crippen LogP contribution in [0.3, 0.4) is 0 Å². The van der Waals surface area contributed by atoms with Crippen molar-refractivity contribution in [2.45, 2.75) is 26.3 Å². The molecule has 156 valence electrons. The fraction of sp³-hybridized carbons (Fsp3) is 0.231. The van der Waals surface area contributed by atoms with E-state index in [1.54, 1.807) is 0 Å². The highest BCUT2D eigenvalue weighted by atomic mass is 16.2. The number of para-hydroxylation sites is 2. The first-order chi connectivity index (χ1) is 15.1. The molecule has 5 nitrogen and oxygen atoms in total. The number of hydrogen-bond donors (Lipinski definition) is 1. The zero-order chi connectivity index (χ0) is 21.4. The van der Waals surface area contributed by atoms with Gasteiger partial charge < -0.3 is 14.8 Å². The van der Waals surface area contributed by atoms with Crippen LogP contribution in [0.4, 0.5) is 11.4 Å². The Kier molecular flexibility index (Phi) is 4.94. The Morgan fingerprint density at radius 1 is 0.903 bits per heavy atom. The van der Waals surface area contributed by atoms with E-state index < -0.39 is 0 Å². The van der Waals surface area contributed by atoms with Crippen LogP contribution >= 0.6 is 0 Å². The standard InChI is InChI=1S/C26H25N3O2/c1-18-16-19(28-14-6-7-15-28)12-13-22(18)27-25(30)17-29-23-10-4-2-8-20(23)26(31)21-9-3-5-11-24(21)29/h2-5,8-13,16H,6-7,14-15,17H2,1H3,(H,27,30). The number of hydrogen-bond acceptors (Lipinski definition) is 3. The maximum atomic E-state index is 13.0. The number of anilines is 2.